The Morgan fingerprint density at radius 3 is 2.50 bits per heavy atom. The Labute approximate surface area is 109 Å². The molecule has 0 aromatic heterocycles. The first kappa shape index (κ1) is 13.6. The molecule has 1 aliphatic rings. The van der Waals surface area contributed by atoms with E-state index in [0.29, 0.717) is 17.2 Å². The first-order chi connectivity index (χ1) is 8.55. The van der Waals surface area contributed by atoms with Gasteiger partial charge in [0.05, 0.1) is 10.1 Å². The van der Waals surface area contributed by atoms with Gasteiger partial charge in [0.2, 0.25) is 0 Å². The first-order valence-corrected chi connectivity index (χ1v) is 8.15. The molecule has 1 aliphatic carbocycles. The molecule has 2 rings (SSSR count). The van der Waals surface area contributed by atoms with Gasteiger partial charge in [0.25, 0.3) is 0 Å². The number of hydrogen-bond acceptors (Lipinski definition) is 3. The molecule has 3 atom stereocenters. The topological polar surface area (TPSA) is 60.2 Å². The molecule has 2 N–H and O–H groups in total. The number of nitrogens with two attached hydrogens (primary N) is 1. The molecule has 4 heteroatoms. The summed E-state index contributed by atoms with van der Waals surface area (Å²) in [6.07, 6.45) is 3.61. The zero-order valence-corrected chi connectivity index (χ0v) is 11.6. The zero-order chi connectivity index (χ0) is 13.2. The van der Waals surface area contributed by atoms with E-state index in [1.807, 2.05) is 6.07 Å². The second-order valence-electron chi connectivity index (χ2n) is 5.15. The summed E-state index contributed by atoms with van der Waals surface area (Å²) in [4.78, 5) is 0.405. The highest BCUT2D eigenvalue weighted by atomic mass is 32.2. The Morgan fingerprint density at radius 1 is 1.22 bits per heavy atom. The maximum Gasteiger partial charge on any atom is 0.182 e. The highest BCUT2D eigenvalue weighted by Crippen LogP contribution is 2.32. The van der Waals surface area contributed by atoms with Crippen LogP contribution in [0.2, 0.25) is 0 Å². The van der Waals surface area contributed by atoms with Crippen molar-refractivity contribution in [3.05, 3.63) is 30.3 Å². The number of benzene rings is 1. The molecular formula is C14H21NO2S. The van der Waals surface area contributed by atoms with Gasteiger partial charge < -0.3 is 5.73 Å². The minimum atomic E-state index is -3.28. The molecule has 100 valence electrons. The lowest BCUT2D eigenvalue weighted by molar-refractivity contribution is 0.319. The molecule has 0 spiro atoms. The van der Waals surface area contributed by atoms with E-state index in [1.54, 1.807) is 24.3 Å². The zero-order valence-electron chi connectivity index (χ0n) is 10.7. The SMILES string of the molecule is CCC1CCC(N)C(S(=O)(=O)c2ccccc2)C1. The second-order valence-corrected chi connectivity index (χ2v) is 7.31. The van der Waals surface area contributed by atoms with Crippen LogP contribution in [0.4, 0.5) is 0 Å². The quantitative estimate of drug-likeness (QED) is 0.914. The maximum absolute atomic E-state index is 12.6. The summed E-state index contributed by atoms with van der Waals surface area (Å²) in [6, 6.07) is 8.46. The monoisotopic (exact) mass is 267 g/mol. The van der Waals surface area contributed by atoms with Crippen LogP contribution in [0, 0.1) is 5.92 Å². The molecule has 0 aliphatic heterocycles. The smallest absolute Gasteiger partial charge is 0.182 e. The molecule has 0 heterocycles. The molecule has 1 saturated carbocycles. The van der Waals surface area contributed by atoms with Gasteiger partial charge in [-0.15, -0.1) is 0 Å². The molecule has 1 fully saturated rings. The molecule has 1 aromatic carbocycles. The van der Waals surface area contributed by atoms with Crippen molar-refractivity contribution in [2.24, 2.45) is 11.7 Å². The van der Waals surface area contributed by atoms with Crippen LogP contribution in [-0.2, 0) is 9.84 Å². The minimum absolute atomic E-state index is 0.224. The highest BCUT2D eigenvalue weighted by Gasteiger charge is 2.37. The maximum atomic E-state index is 12.6. The fraction of sp³-hybridized carbons (Fsp3) is 0.571. The highest BCUT2D eigenvalue weighted by molar-refractivity contribution is 7.92. The summed E-state index contributed by atoms with van der Waals surface area (Å²) in [5.74, 6) is 0.494. The summed E-state index contributed by atoms with van der Waals surface area (Å²) in [6.45, 7) is 2.12. The van der Waals surface area contributed by atoms with Crippen LogP contribution in [0.15, 0.2) is 35.2 Å². The van der Waals surface area contributed by atoms with Crippen LogP contribution in [0.5, 0.6) is 0 Å². The molecule has 3 nitrogen and oxygen atoms in total. The largest absolute Gasteiger partial charge is 0.327 e. The average molecular weight is 267 g/mol. The molecular weight excluding hydrogens is 246 g/mol. The first-order valence-electron chi connectivity index (χ1n) is 6.60. The van der Waals surface area contributed by atoms with Gasteiger partial charge in [-0.3, -0.25) is 0 Å². The van der Waals surface area contributed by atoms with E-state index in [4.69, 9.17) is 5.73 Å². The van der Waals surface area contributed by atoms with Crippen LogP contribution in [-0.4, -0.2) is 19.7 Å². The molecule has 0 bridgehead atoms. The molecule has 0 saturated heterocycles. The Balaban J connectivity index is 2.29. The van der Waals surface area contributed by atoms with Crippen molar-refractivity contribution in [2.75, 3.05) is 0 Å². The minimum Gasteiger partial charge on any atom is -0.327 e. The second kappa shape index (κ2) is 5.41. The molecule has 0 amide bonds. The van der Waals surface area contributed by atoms with Crippen molar-refractivity contribution in [2.45, 2.75) is 48.8 Å². The van der Waals surface area contributed by atoms with Gasteiger partial charge in [-0.25, -0.2) is 8.42 Å². The third kappa shape index (κ3) is 2.59. The van der Waals surface area contributed by atoms with Gasteiger partial charge in [-0.1, -0.05) is 31.5 Å². The van der Waals surface area contributed by atoms with Crippen LogP contribution >= 0.6 is 0 Å². The molecule has 3 unspecified atom stereocenters. The Kier molecular flexibility index (Phi) is 4.07. The van der Waals surface area contributed by atoms with Gasteiger partial charge in [0.1, 0.15) is 0 Å². The summed E-state index contributed by atoms with van der Waals surface area (Å²) in [5.41, 5.74) is 6.04. The van der Waals surface area contributed by atoms with Crippen molar-refractivity contribution in [3.63, 3.8) is 0 Å². The summed E-state index contributed by atoms with van der Waals surface area (Å²) in [7, 11) is -3.28. The molecule has 18 heavy (non-hydrogen) atoms. The van der Waals surface area contributed by atoms with Gasteiger partial charge in [-0.2, -0.15) is 0 Å². The van der Waals surface area contributed by atoms with Gasteiger partial charge in [0, 0.05) is 6.04 Å². The van der Waals surface area contributed by atoms with Crippen molar-refractivity contribution in [1.82, 2.24) is 0 Å². The van der Waals surface area contributed by atoms with E-state index in [0.717, 1.165) is 19.3 Å². The standard InChI is InChI=1S/C14H21NO2S/c1-2-11-8-9-13(15)14(10-11)18(16,17)12-6-4-3-5-7-12/h3-7,11,13-14H,2,8-10,15H2,1H3. The fourth-order valence-electron chi connectivity index (χ4n) is 2.75. The van der Waals surface area contributed by atoms with E-state index < -0.39 is 15.1 Å². The summed E-state index contributed by atoms with van der Waals surface area (Å²) in [5, 5.41) is -0.418. The third-order valence-electron chi connectivity index (χ3n) is 4.00. The summed E-state index contributed by atoms with van der Waals surface area (Å²) < 4.78 is 25.2. The van der Waals surface area contributed by atoms with E-state index >= 15 is 0 Å². The Bertz CT molecular complexity index is 484. The van der Waals surface area contributed by atoms with E-state index in [2.05, 4.69) is 6.92 Å². The van der Waals surface area contributed by atoms with Crippen LogP contribution in [0.25, 0.3) is 0 Å². The van der Waals surface area contributed by atoms with Crippen molar-refractivity contribution in [3.8, 4) is 0 Å². The van der Waals surface area contributed by atoms with Gasteiger partial charge in [0.15, 0.2) is 9.84 Å². The average Bonchev–Trinajstić information content (AvgIpc) is 2.40. The van der Waals surface area contributed by atoms with Crippen molar-refractivity contribution < 1.29 is 8.42 Å². The number of hydrogen-bond donors (Lipinski definition) is 1. The van der Waals surface area contributed by atoms with Crippen LogP contribution in [0.3, 0.4) is 0 Å². The van der Waals surface area contributed by atoms with E-state index in [-0.39, 0.29) is 6.04 Å². The van der Waals surface area contributed by atoms with Gasteiger partial charge >= 0.3 is 0 Å². The third-order valence-corrected chi connectivity index (χ3v) is 6.27. The van der Waals surface area contributed by atoms with E-state index in [1.165, 1.54) is 0 Å². The lowest BCUT2D eigenvalue weighted by atomic mass is 9.84. The molecule has 1 aromatic rings. The van der Waals surface area contributed by atoms with Crippen LogP contribution in [0.1, 0.15) is 32.6 Å². The Morgan fingerprint density at radius 2 is 1.89 bits per heavy atom. The van der Waals surface area contributed by atoms with Crippen LogP contribution < -0.4 is 5.73 Å². The Hall–Kier alpha value is -0.870. The number of sulfone groups is 1. The fourth-order valence-corrected chi connectivity index (χ4v) is 4.76. The molecule has 0 radical (unpaired) electrons. The van der Waals surface area contributed by atoms with Crippen molar-refractivity contribution >= 4 is 9.84 Å². The van der Waals surface area contributed by atoms with Crippen molar-refractivity contribution in [1.29, 1.82) is 0 Å². The lowest BCUT2D eigenvalue weighted by Gasteiger charge is -2.33. The van der Waals surface area contributed by atoms with E-state index in [9.17, 15) is 8.42 Å². The number of rotatable bonds is 3. The normalized spacial score (nSPS) is 29.1. The summed E-state index contributed by atoms with van der Waals surface area (Å²) >= 11 is 0. The predicted molar refractivity (Wildman–Crippen MR) is 73.0 cm³/mol. The predicted octanol–water partition coefficient (Wildman–Crippen LogP) is 2.37. The lowest BCUT2D eigenvalue weighted by Crippen LogP contribution is -2.45. The van der Waals surface area contributed by atoms with Gasteiger partial charge in [-0.05, 0) is 37.3 Å².